The van der Waals surface area contributed by atoms with Crippen molar-refractivity contribution >= 4 is 27.7 Å². The molecule has 0 radical (unpaired) electrons. The monoisotopic (exact) mass is 258 g/mol. The minimum atomic E-state index is -0.251. The molecule has 76 valence electrons. The van der Waals surface area contributed by atoms with Gasteiger partial charge in [0.2, 0.25) is 5.95 Å². The van der Waals surface area contributed by atoms with Crippen molar-refractivity contribution in [3.8, 4) is 0 Å². The fourth-order valence-electron chi connectivity index (χ4n) is 1.40. The number of aliphatic hydroxyl groups excluding tert-OH is 1. The number of nitrogen functional groups attached to an aromatic ring is 1. The minimum absolute atomic E-state index is 0.251. The molecule has 0 amide bonds. The quantitative estimate of drug-likeness (QED) is 0.759. The SMILES string of the molecule is Cc1nc(N)nc(N2CC(O)C2)c1Br. The van der Waals surface area contributed by atoms with Gasteiger partial charge in [0.25, 0.3) is 0 Å². The fraction of sp³-hybridized carbons (Fsp3) is 0.500. The molecule has 14 heavy (non-hydrogen) atoms. The topological polar surface area (TPSA) is 75.3 Å². The summed E-state index contributed by atoms with van der Waals surface area (Å²) in [6, 6.07) is 0. The van der Waals surface area contributed by atoms with Gasteiger partial charge in [-0.25, -0.2) is 4.98 Å². The first-order valence-corrected chi connectivity index (χ1v) is 5.10. The van der Waals surface area contributed by atoms with E-state index in [1.807, 2.05) is 11.8 Å². The molecule has 3 N–H and O–H groups in total. The van der Waals surface area contributed by atoms with E-state index >= 15 is 0 Å². The Hall–Kier alpha value is -0.880. The molecule has 0 atom stereocenters. The molecule has 1 aliphatic heterocycles. The third-order valence-corrected chi connectivity index (χ3v) is 3.11. The summed E-state index contributed by atoms with van der Waals surface area (Å²) in [6.07, 6.45) is -0.251. The van der Waals surface area contributed by atoms with Crippen molar-refractivity contribution in [2.24, 2.45) is 0 Å². The van der Waals surface area contributed by atoms with Crippen LogP contribution in [0.25, 0.3) is 0 Å². The molecule has 6 heteroatoms. The number of hydrogen-bond donors (Lipinski definition) is 2. The van der Waals surface area contributed by atoms with E-state index in [9.17, 15) is 5.11 Å². The van der Waals surface area contributed by atoms with Crippen LogP contribution in [0.5, 0.6) is 0 Å². The molecule has 0 unspecified atom stereocenters. The fourth-order valence-corrected chi connectivity index (χ4v) is 1.83. The summed E-state index contributed by atoms with van der Waals surface area (Å²) in [4.78, 5) is 10.1. The van der Waals surface area contributed by atoms with Gasteiger partial charge in [-0.2, -0.15) is 4.98 Å². The lowest BCUT2D eigenvalue weighted by Gasteiger charge is -2.37. The van der Waals surface area contributed by atoms with Crippen LogP contribution in [-0.4, -0.2) is 34.3 Å². The van der Waals surface area contributed by atoms with Gasteiger partial charge >= 0.3 is 0 Å². The maximum atomic E-state index is 9.18. The Kier molecular flexibility index (Phi) is 2.32. The molecule has 1 fully saturated rings. The second kappa shape index (κ2) is 3.36. The van der Waals surface area contributed by atoms with Crippen molar-refractivity contribution < 1.29 is 5.11 Å². The molecule has 1 aliphatic rings. The van der Waals surface area contributed by atoms with Gasteiger partial charge in [-0.1, -0.05) is 0 Å². The first-order valence-electron chi connectivity index (χ1n) is 4.30. The highest BCUT2D eigenvalue weighted by molar-refractivity contribution is 9.10. The van der Waals surface area contributed by atoms with E-state index in [2.05, 4.69) is 25.9 Å². The van der Waals surface area contributed by atoms with Crippen molar-refractivity contribution in [1.82, 2.24) is 9.97 Å². The highest BCUT2D eigenvalue weighted by Crippen LogP contribution is 2.29. The number of aliphatic hydroxyl groups is 1. The second-order valence-corrected chi connectivity index (χ2v) is 4.16. The summed E-state index contributed by atoms with van der Waals surface area (Å²) in [6.45, 7) is 3.07. The summed E-state index contributed by atoms with van der Waals surface area (Å²) >= 11 is 3.41. The molecule has 1 aromatic heterocycles. The number of β-amino-alcohol motifs (C(OH)–C–C–N with tert-alkyl or cyclic N) is 1. The van der Waals surface area contributed by atoms with Crippen LogP contribution in [0.1, 0.15) is 5.69 Å². The Morgan fingerprint density at radius 2 is 2.14 bits per heavy atom. The van der Waals surface area contributed by atoms with Crippen LogP contribution in [0.15, 0.2) is 4.47 Å². The molecule has 0 aromatic carbocycles. The van der Waals surface area contributed by atoms with Crippen LogP contribution in [0.2, 0.25) is 0 Å². The molecule has 2 heterocycles. The molecular weight excluding hydrogens is 248 g/mol. The Morgan fingerprint density at radius 3 is 2.71 bits per heavy atom. The summed E-state index contributed by atoms with van der Waals surface area (Å²) in [7, 11) is 0. The smallest absolute Gasteiger partial charge is 0.222 e. The number of anilines is 2. The van der Waals surface area contributed by atoms with E-state index in [0.29, 0.717) is 13.1 Å². The Morgan fingerprint density at radius 1 is 1.50 bits per heavy atom. The lowest BCUT2D eigenvalue weighted by Crippen LogP contribution is -2.51. The number of nitrogens with two attached hydrogens (primary N) is 1. The van der Waals surface area contributed by atoms with Gasteiger partial charge in [-0.15, -0.1) is 0 Å². The van der Waals surface area contributed by atoms with Crippen LogP contribution >= 0.6 is 15.9 Å². The van der Waals surface area contributed by atoms with Crippen LogP contribution in [0, 0.1) is 6.92 Å². The maximum Gasteiger partial charge on any atom is 0.222 e. The average Bonchev–Trinajstić information content (AvgIpc) is 2.06. The Balaban J connectivity index is 2.33. The molecule has 0 saturated carbocycles. The molecule has 5 nitrogen and oxygen atoms in total. The largest absolute Gasteiger partial charge is 0.389 e. The van der Waals surface area contributed by atoms with Crippen LogP contribution < -0.4 is 10.6 Å². The van der Waals surface area contributed by atoms with Crippen molar-refractivity contribution in [2.45, 2.75) is 13.0 Å². The summed E-state index contributed by atoms with van der Waals surface area (Å²) < 4.78 is 0.846. The Labute approximate surface area is 90.1 Å². The Bertz CT molecular complexity index is 365. The first kappa shape index (κ1) is 9.67. The highest BCUT2D eigenvalue weighted by atomic mass is 79.9. The van der Waals surface area contributed by atoms with Gasteiger partial charge in [0.1, 0.15) is 5.82 Å². The van der Waals surface area contributed by atoms with Gasteiger partial charge in [0.15, 0.2) is 0 Å². The molecular formula is C8H11BrN4O. The molecule has 0 spiro atoms. The van der Waals surface area contributed by atoms with E-state index < -0.39 is 0 Å². The zero-order valence-electron chi connectivity index (χ0n) is 7.74. The summed E-state index contributed by atoms with van der Waals surface area (Å²) in [5, 5.41) is 9.18. The standard InChI is InChI=1S/C8H11BrN4O/c1-4-6(9)7(12-8(10)11-4)13-2-5(14)3-13/h5,14H,2-3H2,1H3,(H2,10,11,12). The molecule has 1 saturated heterocycles. The van der Waals surface area contributed by atoms with Gasteiger partial charge < -0.3 is 15.7 Å². The van der Waals surface area contributed by atoms with Crippen LogP contribution in [-0.2, 0) is 0 Å². The molecule has 1 aromatic rings. The van der Waals surface area contributed by atoms with Gasteiger partial charge in [0, 0.05) is 13.1 Å². The van der Waals surface area contributed by atoms with E-state index in [1.165, 1.54) is 0 Å². The third-order valence-electron chi connectivity index (χ3n) is 2.18. The average molecular weight is 259 g/mol. The predicted octanol–water partition coefficient (Wildman–Crippen LogP) is 0.311. The lowest BCUT2D eigenvalue weighted by molar-refractivity contribution is 0.141. The van der Waals surface area contributed by atoms with Crippen LogP contribution in [0.4, 0.5) is 11.8 Å². The molecule has 0 aliphatic carbocycles. The van der Waals surface area contributed by atoms with E-state index in [0.717, 1.165) is 16.0 Å². The minimum Gasteiger partial charge on any atom is -0.389 e. The third kappa shape index (κ3) is 1.55. The number of aryl methyl sites for hydroxylation is 1. The number of rotatable bonds is 1. The first-order chi connectivity index (χ1) is 6.58. The number of nitrogens with zero attached hydrogens (tertiary/aromatic N) is 3. The van der Waals surface area contributed by atoms with Crippen molar-refractivity contribution in [3.05, 3.63) is 10.2 Å². The maximum absolute atomic E-state index is 9.18. The van der Waals surface area contributed by atoms with Crippen molar-refractivity contribution in [1.29, 1.82) is 0 Å². The number of hydrogen-bond acceptors (Lipinski definition) is 5. The van der Waals surface area contributed by atoms with Gasteiger partial charge in [-0.05, 0) is 22.9 Å². The summed E-state index contributed by atoms with van der Waals surface area (Å²) in [5.74, 6) is 1.03. The lowest BCUT2D eigenvalue weighted by atomic mass is 10.2. The normalized spacial score (nSPS) is 16.9. The number of halogens is 1. The second-order valence-electron chi connectivity index (χ2n) is 3.36. The number of aromatic nitrogens is 2. The van der Waals surface area contributed by atoms with E-state index in [1.54, 1.807) is 0 Å². The van der Waals surface area contributed by atoms with Crippen molar-refractivity contribution in [3.63, 3.8) is 0 Å². The van der Waals surface area contributed by atoms with E-state index in [4.69, 9.17) is 5.73 Å². The van der Waals surface area contributed by atoms with Crippen molar-refractivity contribution in [2.75, 3.05) is 23.7 Å². The van der Waals surface area contributed by atoms with E-state index in [-0.39, 0.29) is 12.1 Å². The molecule has 0 bridgehead atoms. The van der Waals surface area contributed by atoms with Crippen LogP contribution in [0.3, 0.4) is 0 Å². The van der Waals surface area contributed by atoms with Gasteiger partial charge in [0.05, 0.1) is 16.3 Å². The zero-order chi connectivity index (χ0) is 10.3. The summed E-state index contributed by atoms with van der Waals surface area (Å²) in [5.41, 5.74) is 6.36. The molecule has 2 rings (SSSR count). The highest BCUT2D eigenvalue weighted by Gasteiger charge is 2.28. The predicted molar refractivity (Wildman–Crippen MR) is 57.1 cm³/mol. The zero-order valence-corrected chi connectivity index (χ0v) is 9.32. The van der Waals surface area contributed by atoms with Gasteiger partial charge in [-0.3, -0.25) is 0 Å².